The number of hydrogen-bond donors (Lipinski definition) is 5. The van der Waals surface area contributed by atoms with E-state index in [4.69, 9.17) is 9.47 Å². The monoisotopic (exact) mass is 802 g/mol. The van der Waals surface area contributed by atoms with Crippen molar-refractivity contribution in [3.8, 4) is 5.75 Å². The molecule has 1 aromatic carbocycles. The molecule has 0 spiro atoms. The SMILES string of the molecule is CCCCCC[C@H](O)/C=C/[C@@H]1[C@@H](C/C=C\CCCC(=O)Oc2ccc3c(c2)/C(=C/c2[nH]c(C)c(C(=O)NCCN(CC)CC)c2C)C(=O)N3)[C@@H](O)C[C@H]1OC(=O)CC. The van der Waals surface area contributed by atoms with Gasteiger partial charge in [0, 0.05) is 60.9 Å². The van der Waals surface area contributed by atoms with Crippen molar-refractivity contribution in [2.45, 2.75) is 130 Å². The van der Waals surface area contributed by atoms with Gasteiger partial charge in [0.2, 0.25) is 0 Å². The van der Waals surface area contributed by atoms with Gasteiger partial charge in [-0.1, -0.05) is 77.7 Å². The molecule has 2 heterocycles. The quantitative estimate of drug-likeness (QED) is 0.0252. The van der Waals surface area contributed by atoms with Gasteiger partial charge in [-0.05, 0) is 88.4 Å². The van der Waals surface area contributed by atoms with E-state index in [-0.39, 0.29) is 42.5 Å². The van der Waals surface area contributed by atoms with Gasteiger partial charge in [0.25, 0.3) is 11.8 Å². The molecule has 2 aromatic rings. The third-order valence-corrected chi connectivity index (χ3v) is 11.3. The van der Waals surface area contributed by atoms with Gasteiger partial charge >= 0.3 is 11.9 Å². The lowest BCUT2D eigenvalue weighted by molar-refractivity contribution is -0.150. The van der Waals surface area contributed by atoms with Gasteiger partial charge in [-0.15, -0.1) is 0 Å². The molecular formula is C46H66N4O8. The van der Waals surface area contributed by atoms with E-state index in [1.165, 1.54) is 0 Å². The number of carbonyl (C=O) groups is 4. The Hall–Kier alpha value is -4.52. The molecule has 1 saturated carbocycles. The number of unbranched alkanes of at least 4 members (excludes halogenated alkanes) is 4. The third-order valence-electron chi connectivity index (χ3n) is 11.3. The Balaban J connectivity index is 1.31. The van der Waals surface area contributed by atoms with Crippen LogP contribution in [0.5, 0.6) is 5.75 Å². The molecule has 1 aliphatic carbocycles. The summed E-state index contributed by atoms with van der Waals surface area (Å²) in [6, 6.07) is 5.04. The van der Waals surface area contributed by atoms with Crippen molar-refractivity contribution < 1.29 is 38.9 Å². The summed E-state index contributed by atoms with van der Waals surface area (Å²) >= 11 is 0. The van der Waals surface area contributed by atoms with E-state index in [0.717, 1.165) is 50.9 Å². The average Bonchev–Trinajstić information content (AvgIpc) is 3.78. The van der Waals surface area contributed by atoms with Crippen LogP contribution in [0.1, 0.15) is 131 Å². The van der Waals surface area contributed by atoms with Crippen LogP contribution in [0.2, 0.25) is 0 Å². The molecule has 1 aliphatic heterocycles. The van der Waals surface area contributed by atoms with Crippen molar-refractivity contribution in [3.05, 3.63) is 70.6 Å². The van der Waals surface area contributed by atoms with Crippen molar-refractivity contribution >= 4 is 41.1 Å². The van der Waals surface area contributed by atoms with E-state index >= 15 is 0 Å². The molecule has 318 valence electrons. The first-order valence-corrected chi connectivity index (χ1v) is 21.4. The van der Waals surface area contributed by atoms with Crippen LogP contribution >= 0.6 is 0 Å². The lowest BCUT2D eigenvalue weighted by atomic mass is 9.89. The van der Waals surface area contributed by atoms with Crippen molar-refractivity contribution in [2.24, 2.45) is 11.8 Å². The molecule has 4 rings (SSSR count). The molecule has 1 fully saturated rings. The number of esters is 2. The Kier molecular flexibility index (Phi) is 18.4. The van der Waals surface area contributed by atoms with Crippen molar-refractivity contribution in [1.29, 1.82) is 0 Å². The zero-order valence-corrected chi connectivity index (χ0v) is 35.4. The number of carbonyl (C=O) groups excluding carboxylic acids is 4. The minimum absolute atomic E-state index is 0.164. The first-order chi connectivity index (χ1) is 27.9. The fraction of sp³-hybridized carbons (Fsp3) is 0.565. The van der Waals surface area contributed by atoms with Crippen LogP contribution in [0, 0.1) is 25.7 Å². The molecule has 0 radical (unpaired) electrons. The number of hydrogen-bond acceptors (Lipinski definition) is 9. The summed E-state index contributed by atoms with van der Waals surface area (Å²) in [4.78, 5) is 56.7. The predicted molar refractivity (Wildman–Crippen MR) is 228 cm³/mol. The first-order valence-electron chi connectivity index (χ1n) is 21.4. The summed E-state index contributed by atoms with van der Waals surface area (Å²) in [6.45, 7) is 14.9. The molecule has 12 heteroatoms. The highest BCUT2D eigenvalue weighted by molar-refractivity contribution is 6.35. The standard InChI is InChI=1S/C46H66N4O8/c1-7-11-12-15-18-32(51)21-23-35-34(40(52)29-41(35)58-42(53)8-2)19-16-13-14-17-20-43(54)57-33-22-24-38-36(27-33)37(45(55)49-38)28-39-30(5)44(31(6)48-39)46(56)47-25-26-50(9-3)10-4/h13,16,21-24,27-28,32,34-35,40-41,48,51-52H,7-12,14-15,17-20,25-26,29H2,1-6H3,(H,47,56)(H,49,55)/b16-13-,23-21+,37-28-/t32-,34+,35+,40-,41+/m0/s1. The van der Waals surface area contributed by atoms with Crippen LogP contribution < -0.4 is 15.4 Å². The second-order valence-corrected chi connectivity index (χ2v) is 15.5. The largest absolute Gasteiger partial charge is 0.462 e. The van der Waals surface area contributed by atoms with Crippen LogP contribution in [0.25, 0.3) is 11.6 Å². The highest BCUT2D eigenvalue weighted by Crippen LogP contribution is 2.39. The Morgan fingerprint density at radius 1 is 1.03 bits per heavy atom. The fourth-order valence-electron chi connectivity index (χ4n) is 7.85. The number of aromatic amines is 1. The number of nitrogens with one attached hydrogen (secondary N) is 3. The number of amides is 2. The second-order valence-electron chi connectivity index (χ2n) is 15.5. The van der Waals surface area contributed by atoms with Gasteiger partial charge in [0.05, 0.1) is 23.3 Å². The summed E-state index contributed by atoms with van der Waals surface area (Å²) < 4.78 is 11.4. The summed E-state index contributed by atoms with van der Waals surface area (Å²) in [5.41, 5.74) is 4.27. The smallest absolute Gasteiger partial charge is 0.311 e. The molecule has 5 atom stereocenters. The van der Waals surface area contributed by atoms with E-state index in [1.54, 1.807) is 37.3 Å². The number of benzene rings is 1. The Morgan fingerprint density at radius 2 is 1.81 bits per heavy atom. The Bertz CT molecular complexity index is 1790. The maximum absolute atomic E-state index is 13.1. The van der Waals surface area contributed by atoms with Crippen molar-refractivity contribution in [3.63, 3.8) is 0 Å². The van der Waals surface area contributed by atoms with Crippen LogP contribution in [-0.2, 0) is 19.1 Å². The molecule has 0 bridgehead atoms. The van der Waals surface area contributed by atoms with E-state index < -0.39 is 24.3 Å². The van der Waals surface area contributed by atoms with Crippen LogP contribution in [0.4, 0.5) is 5.69 Å². The summed E-state index contributed by atoms with van der Waals surface area (Å²) in [5.74, 6) is -1.21. The number of H-pyrrole nitrogens is 1. The third kappa shape index (κ3) is 13.0. The number of nitrogens with zero attached hydrogens (tertiary/aromatic N) is 1. The minimum atomic E-state index is -0.647. The number of aliphatic hydroxyl groups is 2. The molecule has 5 N–H and O–H groups in total. The fourth-order valence-corrected chi connectivity index (χ4v) is 7.85. The lowest BCUT2D eigenvalue weighted by Gasteiger charge is -2.22. The maximum atomic E-state index is 13.1. The number of aromatic nitrogens is 1. The van der Waals surface area contributed by atoms with E-state index in [1.807, 2.05) is 32.1 Å². The van der Waals surface area contributed by atoms with Gasteiger partial charge in [-0.3, -0.25) is 19.2 Å². The summed E-state index contributed by atoms with van der Waals surface area (Å²) in [6.07, 6.45) is 15.3. The van der Waals surface area contributed by atoms with Crippen molar-refractivity contribution in [2.75, 3.05) is 31.5 Å². The van der Waals surface area contributed by atoms with Crippen LogP contribution in [0.3, 0.4) is 0 Å². The number of allylic oxidation sites excluding steroid dienone is 2. The number of anilines is 1. The van der Waals surface area contributed by atoms with Gasteiger partial charge in [0.15, 0.2) is 0 Å². The predicted octanol–water partition coefficient (Wildman–Crippen LogP) is 7.42. The number of aryl methyl sites for hydroxylation is 1. The molecule has 0 saturated heterocycles. The van der Waals surface area contributed by atoms with Gasteiger partial charge in [0.1, 0.15) is 11.9 Å². The lowest BCUT2D eigenvalue weighted by Crippen LogP contribution is -2.35. The topological polar surface area (TPSA) is 170 Å². The van der Waals surface area contributed by atoms with E-state index in [9.17, 15) is 29.4 Å². The van der Waals surface area contributed by atoms with Gasteiger partial charge < -0.3 is 40.2 Å². The minimum Gasteiger partial charge on any atom is -0.462 e. The van der Waals surface area contributed by atoms with E-state index in [2.05, 4.69) is 41.3 Å². The van der Waals surface area contributed by atoms with Crippen molar-refractivity contribution in [1.82, 2.24) is 15.2 Å². The maximum Gasteiger partial charge on any atom is 0.311 e. The van der Waals surface area contributed by atoms with Gasteiger partial charge in [-0.25, -0.2) is 0 Å². The molecule has 58 heavy (non-hydrogen) atoms. The van der Waals surface area contributed by atoms with Crippen LogP contribution in [0.15, 0.2) is 42.5 Å². The Morgan fingerprint density at radius 3 is 2.53 bits per heavy atom. The summed E-state index contributed by atoms with van der Waals surface area (Å²) in [7, 11) is 0. The first kappa shape index (κ1) is 46.2. The number of fused-ring (bicyclic) bond motifs is 1. The molecule has 0 unspecified atom stereocenters. The zero-order valence-electron chi connectivity index (χ0n) is 35.4. The number of likely N-dealkylation sites (N-methyl/N-ethyl adjacent to an activating group) is 1. The normalized spacial score (nSPS) is 20.3. The number of aliphatic hydroxyl groups excluding tert-OH is 2. The number of ether oxygens (including phenoxy) is 2. The Labute approximate surface area is 344 Å². The molecule has 1 aromatic heterocycles. The van der Waals surface area contributed by atoms with Gasteiger partial charge in [-0.2, -0.15) is 0 Å². The highest BCUT2D eigenvalue weighted by atomic mass is 16.5. The average molecular weight is 803 g/mol. The van der Waals surface area contributed by atoms with Crippen LogP contribution in [-0.4, -0.2) is 88.3 Å². The number of rotatable bonds is 23. The zero-order chi connectivity index (χ0) is 42.2. The van der Waals surface area contributed by atoms with E-state index in [0.29, 0.717) is 78.2 Å². The highest BCUT2D eigenvalue weighted by Gasteiger charge is 2.42. The molecular weight excluding hydrogens is 737 g/mol. The second kappa shape index (κ2) is 23.2. The molecule has 2 amide bonds. The molecule has 2 aliphatic rings. The molecule has 12 nitrogen and oxygen atoms in total. The summed E-state index contributed by atoms with van der Waals surface area (Å²) in [5, 5.41) is 27.4.